The van der Waals surface area contributed by atoms with E-state index >= 15 is 0 Å². The highest BCUT2D eigenvalue weighted by atomic mass is 16.1. The minimum absolute atomic E-state index is 0.325. The summed E-state index contributed by atoms with van der Waals surface area (Å²) >= 11 is 0. The van der Waals surface area contributed by atoms with Crippen molar-refractivity contribution in [3.63, 3.8) is 0 Å². The molecule has 2 saturated carbocycles. The molecule has 4 aliphatic rings. The van der Waals surface area contributed by atoms with Crippen LogP contribution in [0.3, 0.4) is 0 Å². The van der Waals surface area contributed by atoms with E-state index in [1.807, 2.05) is 6.08 Å². The second kappa shape index (κ2) is 3.00. The Morgan fingerprint density at radius 1 is 1.38 bits per heavy atom. The summed E-state index contributed by atoms with van der Waals surface area (Å²) in [5, 5.41) is 0. The Morgan fingerprint density at radius 2 is 2.06 bits per heavy atom. The molecule has 0 aliphatic heterocycles. The van der Waals surface area contributed by atoms with Gasteiger partial charge < -0.3 is 0 Å². The van der Waals surface area contributed by atoms with Gasteiger partial charge in [-0.05, 0) is 54.9 Å². The number of hydrogen-bond acceptors (Lipinski definition) is 1. The van der Waals surface area contributed by atoms with Crippen molar-refractivity contribution in [2.24, 2.45) is 35.0 Å². The third-order valence-corrected chi connectivity index (χ3v) is 5.72. The van der Waals surface area contributed by atoms with Crippen molar-refractivity contribution in [3.8, 4) is 0 Å². The monoisotopic (exact) mass is 218 g/mol. The molecule has 0 radical (unpaired) electrons. The van der Waals surface area contributed by atoms with Crippen molar-refractivity contribution in [2.45, 2.75) is 40.5 Å². The predicted molar refractivity (Wildman–Crippen MR) is 64.9 cm³/mol. The Kier molecular flexibility index (Phi) is 1.98. The van der Waals surface area contributed by atoms with E-state index in [1.165, 1.54) is 18.4 Å². The van der Waals surface area contributed by atoms with E-state index in [2.05, 4.69) is 27.7 Å². The van der Waals surface area contributed by atoms with Crippen LogP contribution in [0, 0.1) is 35.0 Å². The highest BCUT2D eigenvalue weighted by Crippen LogP contribution is 2.70. The van der Waals surface area contributed by atoms with Crippen LogP contribution in [-0.4, -0.2) is 5.78 Å². The average molecular weight is 218 g/mol. The van der Waals surface area contributed by atoms with E-state index in [9.17, 15) is 4.79 Å². The summed E-state index contributed by atoms with van der Waals surface area (Å²) in [6, 6.07) is 0. The molecule has 0 aromatic heterocycles. The fourth-order valence-electron chi connectivity index (χ4n) is 5.14. The van der Waals surface area contributed by atoms with E-state index in [1.54, 1.807) is 0 Å². The van der Waals surface area contributed by atoms with Crippen LogP contribution >= 0.6 is 0 Å². The Morgan fingerprint density at radius 3 is 2.62 bits per heavy atom. The summed E-state index contributed by atoms with van der Waals surface area (Å²) in [5.74, 6) is 3.70. The molecule has 0 aromatic carbocycles. The van der Waals surface area contributed by atoms with Crippen LogP contribution in [0.5, 0.6) is 0 Å². The molecule has 0 saturated heterocycles. The fourth-order valence-corrected chi connectivity index (χ4v) is 5.14. The van der Waals surface area contributed by atoms with Gasteiger partial charge in [-0.25, -0.2) is 0 Å². The molecular formula is C15H22O. The summed E-state index contributed by atoms with van der Waals surface area (Å²) < 4.78 is 0. The van der Waals surface area contributed by atoms with Gasteiger partial charge in [-0.3, -0.25) is 4.79 Å². The number of carbonyl (C=O) groups excluding carboxylic acids is 1. The normalized spacial score (nSPS) is 50.1. The molecule has 0 spiro atoms. The minimum Gasteiger partial charge on any atom is -0.295 e. The number of ketones is 1. The number of carbonyl (C=O) groups is 1. The Bertz CT molecular complexity index is 379. The Labute approximate surface area is 98.3 Å². The average Bonchev–Trinajstić information content (AvgIpc) is 2.15. The lowest BCUT2D eigenvalue weighted by atomic mass is 9.34. The lowest BCUT2D eigenvalue weighted by Crippen LogP contribution is -2.66. The van der Waals surface area contributed by atoms with Gasteiger partial charge in [0.25, 0.3) is 0 Å². The molecule has 4 aliphatic carbocycles. The lowest BCUT2D eigenvalue weighted by Gasteiger charge is -2.69. The van der Waals surface area contributed by atoms with Gasteiger partial charge in [-0.15, -0.1) is 0 Å². The minimum atomic E-state index is 0.325. The number of rotatable bonds is 1. The summed E-state index contributed by atoms with van der Waals surface area (Å²) in [6.45, 7) is 9.17. The van der Waals surface area contributed by atoms with Crippen LogP contribution in [0.15, 0.2) is 11.6 Å². The first-order valence-electron chi connectivity index (χ1n) is 6.69. The van der Waals surface area contributed by atoms with Crippen molar-refractivity contribution in [2.75, 3.05) is 0 Å². The molecule has 0 unspecified atom stereocenters. The molecule has 1 heteroatoms. The van der Waals surface area contributed by atoms with E-state index in [-0.39, 0.29) is 0 Å². The molecule has 4 rings (SSSR count). The summed E-state index contributed by atoms with van der Waals surface area (Å²) in [7, 11) is 0. The molecular weight excluding hydrogens is 196 g/mol. The van der Waals surface area contributed by atoms with Crippen molar-refractivity contribution in [1.82, 2.24) is 0 Å². The maximum Gasteiger partial charge on any atom is 0.159 e. The van der Waals surface area contributed by atoms with Gasteiger partial charge in [0.05, 0.1) is 0 Å². The van der Waals surface area contributed by atoms with Crippen molar-refractivity contribution < 1.29 is 4.79 Å². The zero-order chi connectivity index (χ0) is 11.7. The summed E-state index contributed by atoms with van der Waals surface area (Å²) in [4.78, 5) is 12.2. The molecule has 0 amide bonds. The van der Waals surface area contributed by atoms with Crippen molar-refractivity contribution in [1.29, 1.82) is 0 Å². The SMILES string of the molecule is CC1=CC(=O)[C@H]2[C@@H]3[C@@H](C(C)C)CC[C@@]2(C)[C@H]13. The highest BCUT2D eigenvalue weighted by molar-refractivity contribution is 5.96. The van der Waals surface area contributed by atoms with Crippen molar-refractivity contribution >= 4 is 5.78 Å². The first kappa shape index (κ1) is 10.6. The maximum absolute atomic E-state index is 12.2. The zero-order valence-corrected chi connectivity index (χ0v) is 10.8. The quantitative estimate of drug-likeness (QED) is 0.659. The highest BCUT2D eigenvalue weighted by Gasteiger charge is 2.68. The van der Waals surface area contributed by atoms with Crippen LogP contribution in [0.2, 0.25) is 0 Å². The second-order valence-electron chi connectivity index (χ2n) is 6.78. The zero-order valence-electron chi connectivity index (χ0n) is 10.8. The molecule has 0 aromatic rings. The lowest BCUT2D eigenvalue weighted by molar-refractivity contribution is -0.186. The van der Waals surface area contributed by atoms with Gasteiger partial charge in [0.1, 0.15) is 0 Å². The molecule has 0 N–H and O–H groups in total. The molecule has 1 nitrogen and oxygen atoms in total. The second-order valence-corrected chi connectivity index (χ2v) is 6.78. The number of fused-ring (bicyclic) bond motifs is 1. The predicted octanol–water partition coefficient (Wildman–Crippen LogP) is 3.45. The number of allylic oxidation sites excluding steroid dienone is 2. The first-order chi connectivity index (χ1) is 7.47. The van der Waals surface area contributed by atoms with E-state index in [0.29, 0.717) is 23.0 Å². The van der Waals surface area contributed by atoms with E-state index in [4.69, 9.17) is 0 Å². The Balaban J connectivity index is 2.02. The molecule has 4 bridgehead atoms. The number of hydrogen-bond donors (Lipinski definition) is 0. The van der Waals surface area contributed by atoms with Crippen LogP contribution in [0.25, 0.3) is 0 Å². The van der Waals surface area contributed by atoms with Gasteiger partial charge >= 0.3 is 0 Å². The summed E-state index contributed by atoms with van der Waals surface area (Å²) in [6.07, 6.45) is 4.53. The maximum atomic E-state index is 12.2. The van der Waals surface area contributed by atoms with E-state index in [0.717, 1.165) is 17.8 Å². The molecule has 5 atom stereocenters. The van der Waals surface area contributed by atoms with E-state index < -0.39 is 0 Å². The fraction of sp³-hybridized carbons (Fsp3) is 0.800. The molecule has 16 heavy (non-hydrogen) atoms. The van der Waals surface area contributed by atoms with Gasteiger partial charge in [-0.2, -0.15) is 0 Å². The standard InChI is InChI=1S/C15H22O/c1-8(2)10-5-6-15(4)13-9(3)7-11(16)14(15)12(10)13/h7-8,10,12-14H,5-6H2,1-4H3/t10-,12-,13-,14+,15+/m1/s1. The molecule has 0 heterocycles. The smallest absolute Gasteiger partial charge is 0.159 e. The first-order valence-corrected chi connectivity index (χ1v) is 6.69. The largest absolute Gasteiger partial charge is 0.295 e. The molecule has 88 valence electrons. The van der Waals surface area contributed by atoms with Gasteiger partial charge in [0, 0.05) is 5.92 Å². The van der Waals surface area contributed by atoms with Crippen LogP contribution in [0.1, 0.15) is 40.5 Å². The molecule has 2 fully saturated rings. The van der Waals surface area contributed by atoms with Crippen LogP contribution in [0.4, 0.5) is 0 Å². The van der Waals surface area contributed by atoms with Gasteiger partial charge in [0.15, 0.2) is 5.78 Å². The van der Waals surface area contributed by atoms with Gasteiger partial charge in [-0.1, -0.05) is 26.3 Å². The third kappa shape index (κ3) is 1.00. The van der Waals surface area contributed by atoms with Crippen molar-refractivity contribution in [3.05, 3.63) is 11.6 Å². The Hall–Kier alpha value is -0.590. The summed E-state index contributed by atoms with van der Waals surface area (Å²) in [5.41, 5.74) is 1.69. The van der Waals surface area contributed by atoms with Gasteiger partial charge in [0.2, 0.25) is 0 Å². The topological polar surface area (TPSA) is 17.1 Å². The van der Waals surface area contributed by atoms with Crippen LogP contribution in [-0.2, 0) is 4.79 Å². The van der Waals surface area contributed by atoms with Crippen LogP contribution < -0.4 is 0 Å². The third-order valence-electron chi connectivity index (χ3n) is 5.72.